The lowest BCUT2D eigenvalue weighted by atomic mass is 10.2. The van der Waals surface area contributed by atoms with Crippen LogP contribution in [-0.4, -0.2) is 24.3 Å². The summed E-state index contributed by atoms with van der Waals surface area (Å²) in [5.41, 5.74) is 7.69. The minimum absolute atomic E-state index is 0.0338. The maximum absolute atomic E-state index is 12.5. The third kappa shape index (κ3) is 4.27. The van der Waals surface area contributed by atoms with Gasteiger partial charge in [-0.3, -0.25) is 4.98 Å². The molecule has 0 fully saturated rings. The van der Waals surface area contributed by atoms with Crippen LogP contribution in [0.1, 0.15) is 18.2 Å². The van der Waals surface area contributed by atoms with Crippen LogP contribution >= 0.6 is 0 Å². The summed E-state index contributed by atoms with van der Waals surface area (Å²) in [5, 5.41) is 0. The standard InChI is InChI=1S/C15H19N3O2S/c1-2-18(11-15-5-3-4-10-17-15)21(19,20)12-13-6-8-14(16)9-7-13/h3-10H,2,11-12,16H2,1H3. The Hall–Kier alpha value is -1.92. The third-order valence-corrected chi connectivity index (χ3v) is 5.01. The zero-order chi connectivity index (χ0) is 15.3. The summed E-state index contributed by atoms with van der Waals surface area (Å²) in [4.78, 5) is 4.18. The summed E-state index contributed by atoms with van der Waals surface area (Å²) >= 11 is 0. The molecule has 2 aromatic rings. The van der Waals surface area contributed by atoms with Crippen LogP contribution in [0.15, 0.2) is 48.7 Å². The molecular formula is C15H19N3O2S. The summed E-state index contributed by atoms with van der Waals surface area (Å²) in [6.07, 6.45) is 1.66. The monoisotopic (exact) mass is 305 g/mol. The van der Waals surface area contributed by atoms with Gasteiger partial charge in [-0.2, -0.15) is 4.31 Å². The highest BCUT2D eigenvalue weighted by Crippen LogP contribution is 2.14. The van der Waals surface area contributed by atoms with Gasteiger partial charge in [-0.25, -0.2) is 8.42 Å². The molecule has 5 nitrogen and oxygen atoms in total. The predicted octanol–water partition coefficient (Wildman–Crippen LogP) is 2.02. The molecule has 0 spiro atoms. The van der Waals surface area contributed by atoms with Gasteiger partial charge in [0, 0.05) is 18.4 Å². The van der Waals surface area contributed by atoms with Gasteiger partial charge in [0.1, 0.15) is 0 Å². The van der Waals surface area contributed by atoms with Crippen LogP contribution in [0.3, 0.4) is 0 Å². The Morgan fingerprint density at radius 3 is 2.43 bits per heavy atom. The number of anilines is 1. The number of benzene rings is 1. The van der Waals surface area contributed by atoms with Crippen molar-refractivity contribution >= 4 is 15.7 Å². The Morgan fingerprint density at radius 2 is 1.86 bits per heavy atom. The van der Waals surface area contributed by atoms with E-state index < -0.39 is 10.0 Å². The van der Waals surface area contributed by atoms with Crippen molar-refractivity contribution in [3.8, 4) is 0 Å². The van der Waals surface area contributed by atoms with E-state index in [2.05, 4.69) is 4.98 Å². The number of rotatable bonds is 6. The van der Waals surface area contributed by atoms with E-state index in [-0.39, 0.29) is 12.3 Å². The lowest BCUT2D eigenvalue weighted by molar-refractivity contribution is 0.418. The Kier molecular flexibility index (Phi) is 4.93. The Balaban J connectivity index is 2.14. The number of hydrogen-bond acceptors (Lipinski definition) is 4. The van der Waals surface area contributed by atoms with Crippen molar-refractivity contribution in [1.82, 2.24) is 9.29 Å². The number of sulfonamides is 1. The largest absolute Gasteiger partial charge is 0.399 e. The SMILES string of the molecule is CCN(Cc1ccccn1)S(=O)(=O)Cc1ccc(N)cc1. The molecule has 21 heavy (non-hydrogen) atoms. The lowest BCUT2D eigenvalue weighted by Crippen LogP contribution is -2.31. The van der Waals surface area contributed by atoms with Crippen LogP contribution in [0.25, 0.3) is 0 Å². The van der Waals surface area contributed by atoms with Gasteiger partial charge in [-0.15, -0.1) is 0 Å². The topological polar surface area (TPSA) is 76.3 Å². The first-order valence-corrected chi connectivity index (χ1v) is 8.34. The molecule has 0 atom stereocenters. The number of pyridine rings is 1. The normalized spacial score (nSPS) is 11.7. The molecule has 1 heterocycles. The molecule has 0 aliphatic carbocycles. The molecule has 0 aliphatic heterocycles. The highest BCUT2D eigenvalue weighted by atomic mass is 32.2. The first-order chi connectivity index (χ1) is 10.0. The molecule has 0 amide bonds. The highest BCUT2D eigenvalue weighted by Gasteiger charge is 2.21. The van der Waals surface area contributed by atoms with E-state index in [1.807, 2.05) is 25.1 Å². The van der Waals surface area contributed by atoms with Gasteiger partial charge < -0.3 is 5.73 Å². The zero-order valence-corrected chi connectivity index (χ0v) is 12.8. The molecule has 2 rings (SSSR count). The quantitative estimate of drug-likeness (QED) is 0.828. The van der Waals surface area contributed by atoms with Gasteiger partial charge in [0.15, 0.2) is 0 Å². The Bertz CT molecular complexity index is 670. The molecule has 0 saturated carbocycles. The van der Waals surface area contributed by atoms with E-state index >= 15 is 0 Å². The van der Waals surface area contributed by atoms with Crippen molar-refractivity contribution in [2.75, 3.05) is 12.3 Å². The van der Waals surface area contributed by atoms with E-state index in [0.29, 0.717) is 12.2 Å². The molecule has 1 aromatic heterocycles. The van der Waals surface area contributed by atoms with E-state index in [1.165, 1.54) is 4.31 Å². The van der Waals surface area contributed by atoms with Crippen LogP contribution in [-0.2, 0) is 22.3 Å². The van der Waals surface area contributed by atoms with Gasteiger partial charge in [-0.05, 0) is 29.8 Å². The van der Waals surface area contributed by atoms with Crippen molar-refractivity contribution in [2.45, 2.75) is 19.2 Å². The highest BCUT2D eigenvalue weighted by molar-refractivity contribution is 7.88. The van der Waals surface area contributed by atoms with Crippen LogP contribution < -0.4 is 5.73 Å². The molecule has 0 bridgehead atoms. The first kappa shape index (κ1) is 15.5. The van der Waals surface area contributed by atoms with Crippen LogP contribution in [0.5, 0.6) is 0 Å². The molecule has 112 valence electrons. The zero-order valence-electron chi connectivity index (χ0n) is 11.9. The maximum Gasteiger partial charge on any atom is 0.218 e. The summed E-state index contributed by atoms with van der Waals surface area (Å²) in [6, 6.07) is 12.4. The summed E-state index contributed by atoms with van der Waals surface area (Å²) in [5.74, 6) is -0.0338. The van der Waals surface area contributed by atoms with E-state index in [1.54, 1.807) is 30.5 Å². The van der Waals surface area contributed by atoms with Gasteiger partial charge in [0.2, 0.25) is 10.0 Å². The molecule has 2 N–H and O–H groups in total. The Morgan fingerprint density at radius 1 is 1.14 bits per heavy atom. The second-order valence-electron chi connectivity index (χ2n) is 4.75. The number of hydrogen-bond donors (Lipinski definition) is 1. The number of aromatic nitrogens is 1. The minimum Gasteiger partial charge on any atom is -0.399 e. The van der Waals surface area contributed by atoms with E-state index in [4.69, 9.17) is 5.73 Å². The predicted molar refractivity (Wildman–Crippen MR) is 83.8 cm³/mol. The van der Waals surface area contributed by atoms with Crippen LogP contribution in [0, 0.1) is 0 Å². The summed E-state index contributed by atoms with van der Waals surface area (Å²) in [7, 11) is -3.38. The van der Waals surface area contributed by atoms with Crippen molar-refractivity contribution in [2.24, 2.45) is 0 Å². The summed E-state index contributed by atoms with van der Waals surface area (Å²) in [6.45, 7) is 2.52. The van der Waals surface area contributed by atoms with Crippen LogP contribution in [0.2, 0.25) is 0 Å². The van der Waals surface area contributed by atoms with Gasteiger partial charge >= 0.3 is 0 Å². The Labute approximate surface area is 125 Å². The fourth-order valence-corrected chi connectivity index (χ4v) is 3.51. The molecule has 6 heteroatoms. The number of nitrogens with zero attached hydrogens (tertiary/aromatic N) is 2. The van der Waals surface area contributed by atoms with Gasteiger partial charge in [-0.1, -0.05) is 25.1 Å². The second-order valence-corrected chi connectivity index (χ2v) is 6.71. The molecule has 1 aromatic carbocycles. The van der Waals surface area contributed by atoms with Crippen molar-refractivity contribution < 1.29 is 8.42 Å². The number of nitrogens with two attached hydrogens (primary N) is 1. The molecule has 0 radical (unpaired) electrons. The minimum atomic E-state index is -3.38. The van der Waals surface area contributed by atoms with Crippen molar-refractivity contribution in [3.63, 3.8) is 0 Å². The first-order valence-electron chi connectivity index (χ1n) is 6.73. The summed E-state index contributed by atoms with van der Waals surface area (Å²) < 4.78 is 26.4. The molecule has 0 aliphatic rings. The van der Waals surface area contributed by atoms with Crippen LogP contribution in [0.4, 0.5) is 5.69 Å². The average Bonchev–Trinajstić information content (AvgIpc) is 2.48. The fourth-order valence-electron chi connectivity index (χ4n) is 1.99. The van der Waals surface area contributed by atoms with Crippen molar-refractivity contribution in [1.29, 1.82) is 0 Å². The lowest BCUT2D eigenvalue weighted by Gasteiger charge is -2.20. The molecule has 0 unspecified atom stereocenters. The molecule has 0 saturated heterocycles. The van der Waals surface area contributed by atoms with E-state index in [9.17, 15) is 8.42 Å². The fraction of sp³-hybridized carbons (Fsp3) is 0.267. The van der Waals surface area contributed by atoms with E-state index in [0.717, 1.165) is 11.3 Å². The maximum atomic E-state index is 12.5. The smallest absolute Gasteiger partial charge is 0.218 e. The van der Waals surface area contributed by atoms with Gasteiger partial charge in [0.25, 0.3) is 0 Å². The number of nitrogen functional groups attached to an aromatic ring is 1. The average molecular weight is 305 g/mol. The third-order valence-electron chi connectivity index (χ3n) is 3.14. The van der Waals surface area contributed by atoms with Gasteiger partial charge in [0.05, 0.1) is 18.0 Å². The second kappa shape index (κ2) is 6.69. The molecular weight excluding hydrogens is 286 g/mol. The van der Waals surface area contributed by atoms with Crippen molar-refractivity contribution in [3.05, 3.63) is 59.9 Å².